The highest BCUT2D eigenvalue weighted by Crippen LogP contribution is 2.21. The van der Waals surface area contributed by atoms with Crippen molar-refractivity contribution < 1.29 is 9.53 Å². The summed E-state index contributed by atoms with van der Waals surface area (Å²) in [5.41, 5.74) is 0. The Labute approximate surface area is 70.9 Å². The monoisotopic (exact) mass is 175 g/mol. The number of hydrogen-bond donors (Lipinski definition) is 1. The zero-order valence-electron chi connectivity index (χ0n) is 6.79. The Balaban J connectivity index is 2.35. The summed E-state index contributed by atoms with van der Waals surface area (Å²) in [5, 5.41) is 3.61. The number of hydrogen-bond acceptors (Lipinski definition) is 4. The van der Waals surface area contributed by atoms with Crippen LogP contribution < -0.4 is 5.32 Å². The van der Waals surface area contributed by atoms with E-state index in [1.54, 1.807) is 11.8 Å². The Morgan fingerprint density at radius 2 is 2.55 bits per heavy atom. The Morgan fingerprint density at radius 3 is 3.00 bits per heavy atom. The molecule has 1 N–H and O–H groups in total. The highest BCUT2D eigenvalue weighted by molar-refractivity contribution is 8.00. The minimum absolute atomic E-state index is 0.0880. The first kappa shape index (κ1) is 8.87. The second kappa shape index (κ2) is 3.97. The van der Waals surface area contributed by atoms with Crippen LogP contribution in [0.1, 0.15) is 13.3 Å². The molecule has 0 aromatic heterocycles. The van der Waals surface area contributed by atoms with Crippen molar-refractivity contribution in [1.29, 1.82) is 0 Å². The van der Waals surface area contributed by atoms with Crippen molar-refractivity contribution in [2.24, 2.45) is 0 Å². The van der Waals surface area contributed by atoms with Gasteiger partial charge in [-0.05, 0) is 6.42 Å². The lowest BCUT2D eigenvalue weighted by Crippen LogP contribution is -2.37. The molecule has 11 heavy (non-hydrogen) atoms. The van der Waals surface area contributed by atoms with E-state index in [1.807, 2.05) is 0 Å². The Hall–Kier alpha value is -0.220. The first-order valence-electron chi connectivity index (χ1n) is 3.73. The molecule has 1 heterocycles. The Morgan fingerprint density at radius 1 is 1.82 bits per heavy atom. The summed E-state index contributed by atoms with van der Waals surface area (Å²) < 4.78 is 4.61. The molecule has 1 rings (SSSR count). The molecular formula is C7H13NO2S. The van der Waals surface area contributed by atoms with Crippen LogP contribution >= 0.6 is 11.8 Å². The normalized spacial score (nSPS) is 30.4. The predicted molar refractivity (Wildman–Crippen MR) is 45.5 cm³/mol. The highest BCUT2D eigenvalue weighted by atomic mass is 32.2. The van der Waals surface area contributed by atoms with E-state index in [1.165, 1.54) is 7.11 Å². The van der Waals surface area contributed by atoms with Gasteiger partial charge in [0, 0.05) is 5.75 Å². The third-order valence-electron chi connectivity index (χ3n) is 1.71. The van der Waals surface area contributed by atoms with Crippen LogP contribution in [0.15, 0.2) is 0 Å². The standard InChI is InChI=1S/C7H13NO2S/c1-3-6-8-5(4-11-6)7(9)10-2/h5-6,8H,3-4H2,1-2H3/t5-,6-/m1/s1. The van der Waals surface area contributed by atoms with Crippen molar-refractivity contribution in [3.8, 4) is 0 Å². The maximum absolute atomic E-state index is 11.0. The van der Waals surface area contributed by atoms with Gasteiger partial charge in [-0.15, -0.1) is 11.8 Å². The fraction of sp³-hybridized carbons (Fsp3) is 0.857. The lowest BCUT2D eigenvalue weighted by molar-refractivity contribution is -0.142. The Kier molecular flexibility index (Phi) is 3.20. The highest BCUT2D eigenvalue weighted by Gasteiger charge is 2.28. The number of rotatable bonds is 2. The van der Waals surface area contributed by atoms with E-state index in [2.05, 4.69) is 17.0 Å². The molecule has 3 nitrogen and oxygen atoms in total. The summed E-state index contributed by atoms with van der Waals surface area (Å²) in [7, 11) is 1.42. The van der Waals surface area contributed by atoms with Crippen LogP contribution in [0, 0.1) is 0 Å². The van der Waals surface area contributed by atoms with E-state index in [0.717, 1.165) is 12.2 Å². The largest absolute Gasteiger partial charge is 0.468 e. The average Bonchev–Trinajstić information content (AvgIpc) is 2.50. The number of ether oxygens (including phenoxy) is 1. The molecule has 1 aliphatic heterocycles. The van der Waals surface area contributed by atoms with Gasteiger partial charge in [-0.25, -0.2) is 0 Å². The molecule has 1 saturated heterocycles. The fourth-order valence-electron chi connectivity index (χ4n) is 1.05. The summed E-state index contributed by atoms with van der Waals surface area (Å²) in [6, 6.07) is -0.0880. The summed E-state index contributed by atoms with van der Waals surface area (Å²) >= 11 is 1.78. The molecule has 0 unspecified atom stereocenters. The summed E-state index contributed by atoms with van der Waals surface area (Å²) in [6.45, 7) is 2.10. The number of esters is 1. The Bertz CT molecular complexity index is 151. The van der Waals surface area contributed by atoms with E-state index in [4.69, 9.17) is 0 Å². The van der Waals surface area contributed by atoms with Crippen LogP contribution in [0.2, 0.25) is 0 Å². The summed E-state index contributed by atoms with van der Waals surface area (Å²) in [5.74, 6) is 0.694. The molecule has 4 heteroatoms. The van der Waals surface area contributed by atoms with Crippen molar-refractivity contribution in [1.82, 2.24) is 5.32 Å². The molecule has 0 saturated carbocycles. The molecule has 0 aromatic carbocycles. The molecule has 0 spiro atoms. The molecular weight excluding hydrogens is 162 g/mol. The second-order valence-electron chi connectivity index (χ2n) is 2.47. The van der Waals surface area contributed by atoms with Crippen LogP contribution in [0.25, 0.3) is 0 Å². The van der Waals surface area contributed by atoms with Crippen LogP contribution in [0.3, 0.4) is 0 Å². The molecule has 0 aliphatic carbocycles. The lowest BCUT2D eigenvalue weighted by Gasteiger charge is -2.08. The van der Waals surface area contributed by atoms with E-state index < -0.39 is 0 Å². The lowest BCUT2D eigenvalue weighted by atomic mass is 10.3. The molecule has 0 bridgehead atoms. The van der Waals surface area contributed by atoms with Crippen LogP contribution in [0.5, 0.6) is 0 Å². The SMILES string of the molecule is CC[C@@H]1N[C@@H](C(=O)OC)CS1. The van der Waals surface area contributed by atoms with Gasteiger partial charge < -0.3 is 4.74 Å². The molecule has 1 aliphatic rings. The molecule has 1 fully saturated rings. The maximum Gasteiger partial charge on any atom is 0.323 e. The van der Waals surface area contributed by atoms with Gasteiger partial charge in [-0.3, -0.25) is 10.1 Å². The third-order valence-corrected chi connectivity index (χ3v) is 3.11. The average molecular weight is 175 g/mol. The molecule has 0 aromatic rings. The van der Waals surface area contributed by atoms with Crippen molar-refractivity contribution >= 4 is 17.7 Å². The summed E-state index contributed by atoms with van der Waals surface area (Å²) in [6.07, 6.45) is 1.05. The first-order valence-corrected chi connectivity index (χ1v) is 4.78. The topological polar surface area (TPSA) is 38.3 Å². The molecule has 64 valence electrons. The summed E-state index contributed by atoms with van der Waals surface area (Å²) in [4.78, 5) is 11.0. The number of carbonyl (C=O) groups excluding carboxylic acids is 1. The van der Waals surface area contributed by atoms with Gasteiger partial charge in [0.25, 0.3) is 0 Å². The number of methoxy groups -OCH3 is 1. The zero-order valence-corrected chi connectivity index (χ0v) is 7.61. The van der Waals surface area contributed by atoms with E-state index in [0.29, 0.717) is 5.37 Å². The first-order chi connectivity index (χ1) is 5.27. The predicted octanol–water partition coefficient (Wildman–Crippen LogP) is 0.600. The van der Waals surface area contributed by atoms with Crippen molar-refractivity contribution in [3.05, 3.63) is 0 Å². The molecule has 2 atom stereocenters. The number of nitrogens with one attached hydrogen (secondary N) is 1. The smallest absolute Gasteiger partial charge is 0.323 e. The zero-order chi connectivity index (χ0) is 8.27. The van der Waals surface area contributed by atoms with Gasteiger partial charge in [0.1, 0.15) is 6.04 Å². The van der Waals surface area contributed by atoms with E-state index >= 15 is 0 Å². The molecule has 0 radical (unpaired) electrons. The van der Waals surface area contributed by atoms with Gasteiger partial charge in [0.05, 0.1) is 12.5 Å². The van der Waals surface area contributed by atoms with Crippen molar-refractivity contribution in [3.63, 3.8) is 0 Å². The van der Waals surface area contributed by atoms with Gasteiger partial charge in [0.2, 0.25) is 0 Å². The van der Waals surface area contributed by atoms with Crippen LogP contribution in [0.4, 0.5) is 0 Å². The van der Waals surface area contributed by atoms with Gasteiger partial charge >= 0.3 is 5.97 Å². The van der Waals surface area contributed by atoms with Crippen molar-refractivity contribution in [2.75, 3.05) is 12.9 Å². The van der Waals surface area contributed by atoms with E-state index in [9.17, 15) is 4.79 Å². The minimum atomic E-state index is -0.145. The molecule has 0 amide bonds. The fourth-order valence-corrected chi connectivity index (χ4v) is 2.20. The van der Waals surface area contributed by atoms with E-state index in [-0.39, 0.29) is 12.0 Å². The van der Waals surface area contributed by atoms with Crippen LogP contribution in [-0.4, -0.2) is 30.2 Å². The quantitative estimate of drug-likeness (QED) is 0.624. The third kappa shape index (κ3) is 2.10. The number of thioether (sulfide) groups is 1. The van der Waals surface area contributed by atoms with Gasteiger partial charge in [-0.2, -0.15) is 0 Å². The van der Waals surface area contributed by atoms with Gasteiger partial charge in [-0.1, -0.05) is 6.92 Å². The maximum atomic E-state index is 11.0. The van der Waals surface area contributed by atoms with Gasteiger partial charge in [0.15, 0.2) is 0 Å². The minimum Gasteiger partial charge on any atom is -0.468 e. The van der Waals surface area contributed by atoms with Crippen LogP contribution in [-0.2, 0) is 9.53 Å². The second-order valence-corrected chi connectivity index (χ2v) is 3.71. The van der Waals surface area contributed by atoms with Crippen molar-refractivity contribution in [2.45, 2.75) is 24.8 Å². The number of carbonyl (C=O) groups is 1.